The van der Waals surface area contributed by atoms with Crippen LogP contribution in [0.4, 0.5) is 5.69 Å². The smallest absolute Gasteiger partial charge is 0.191 e. The molecule has 2 aromatic carbocycles. The van der Waals surface area contributed by atoms with E-state index in [0.717, 1.165) is 27.2 Å². The molecule has 0 saturated carbocycles. The van der Waals surface area contributed by atoms with Gasteiger partial charge >= 0.3 is 0 Å². The van der Waals surface area contributed by atoms with Crippen molar-refractivity contribution in [3.05, 3.63) is 58.6 Å². The molecule has 0 aliphatic rings. The molecule has 0 heterocycles. The third-order valence-electron chi connectivity index (χ3n) is 2.90. The second-order valence-corrected chi connectivity index (χ2v) is 5.83. The topological polar surface area (TPSA) is 45.6 Å². The molecule has 0 aromatic heterocycles. The summed E-state index contributed by atoms with van der Waals surface area (Å²) in [5, 5.41) is 7.76. The Morgan fingerprint density at radius 3 is 2.68 bits per heavy atom. The van der Waals surface area contributed by atoms with Gasteiger partial charge in [0, 0.05) is 16.2 Å². The highest BCUT2D eigenvalue weighted by molar-refractivity contribution is 9.10. The number of hydrogen-bond donors (Lipinski definition) is 2. The Labute approximate surface area is 143 Å². The van der Waals surface area contributed by atoms with Crippen molar-refractivity contribution in [2.75, 3.05) is 12.4 Å². The van der Waals surface area contributed by atoms with E-state index in [1.54, 1.807) is 7.11 Å². The molecule has 0 bridgehead atoms. The Morgan fingerprint density at radius 1 is 1.18 bits per heavy atom. The Balaban J connectivity index is 1.98. The summed E-state index contributed by atoms with van der Waals surface area (Å²) in [5.74, 6) is 0.765. The molecule has 6 heteroatoms. The number of nitrogens with zero attached hydrogens (tertiary/aromatic N) is 1. The van der Waals surface area contributed by atoms with Crippen molar-refractivity contribution in [3.63, 3.8) is 0 Å². The molecular weight excluding hydrogens is 362 g/mol. The quantitative estimate of drug-likeness (QED) is 0.476. The predicted octanol–water partition coefficient (Wildman–Crippen LogP) is 4.17. The zero-order valence-electron chi connectivity index (χ0n) is 12.3. The zero-order valence-corrected chi connectivity index (χ0v) is 14.7. The lowest BCUT2D eigenvalue weighted by molar-refractivity contribution is 0.415. The van der Waals surface area contributed by atoms with E-state index in [2.05, 4.69) is 31.8 Å². The Kier molecular flexibility index (Phi) is 5.91. The summed E-state index contributed by atoms with van der Waals surface area (Å²) in [5.41, 5.74) is 5.54. The van der Waals surface area contributed by atoms with Crippen LogP contribution in [0.25, 0.3) is 0 Å². The van der Waals surface area contributed by atoms with Crippen molar-refractivity contribution in [1.29, 1.82) is 0 Å². The van der Waals surface area contributed by atoms with Crippen molar-refractivity contribution in [3.8, 4) is 5.75 Å². The summed E-state index contributed by atoms with van der Waals surface area (Å²) in [6.07, 6.45) is 0. The number of anilines is 1. The number of benzene rings is 2. The fourth-order valence-electron chi connectivity index (χ4n) is 1.77. The molecule has 0 radical (unpaired) electrons. The predicted molar refractivity (Wildman–Crippen MR) is 98.7 cm³/mol. The van der Waals surface area contributed by atoms with Gasteiger partial charge < -0.3 is 10.1 Å². The van der Waals surface area contributed by atoms with Crippen LogP contribution in [0.5, 0.6) is 5.75 Å². The van der Waals surface area contributed by atoms with Crippen LogP contribution in [0.2, 0.25) is 0 Å². The highest BCUT2D eigenvalue weighted by Crippen LogP contribution is 2.16. The summed E-state index contributed by atoms with van der Waals surface area (Å²) in [6.45, 7) is 1.92. The van der Waals surface area contributed by atoms with E-state index in [-0.39, 0.29) is 0 Å². The van der Waals surface area contributed by atoms with Gasteiger partial charge in [-0.15, -0.1) is 0 Å². The van der Waals surface area contributed by atoms with E-state index in [4.69, 9.17) is 17.0 Å². The monoisotopic (exact) mass is 377 g/mol. The van der Waals surface area contributed by atoms with E-state index in [0.29, 0.717) is 5.11 Å². The standard InChI is InChI=1S/C16H16BrN3OS/c1-11(12-5-3-6-13(17)9-12)19-20-16(22)18-14-7-4-8-15(10-14)21-2/h3-10H,1-2H3,(H2,18,20,22)/b19-11+. The number of methoxy groups -OCH3 is 1. The first-order valence-electron chi connectivity index (χ1n) is 6.60. The second kappa shape index (κ2) is 7.91. The van der Waals surface area contributed by atoms with Crippen molar-refractivity contribution in [2.24, 2.45) is 5.10 Å². The molecular formula is C16H16BrN3OS. The van der Waals surface area contributed by atoms with Crippen LogP contribution >= 0.6 is 28.1 Å². The summed E-state index contributed by atoms with van der Waals surface area (Å²) < 4.78 is 6.18. The minimum absolute atomic E-state index is 0.419. The van der Waals surface area contributed by atoms with Crippen LogP contribution in [0.1, 0.15) is 12.5 Å². The molecule has 0 spiro atoms. The van der Waals surface area contributed by atoms with E-state index in [1.165, 1.54) is 0 Å². The highest BCUT2D eigenvalue weighted by atomic mass is 79.9. The molecule has 0 aliphatic heterocycles. The first kappa shape index (κ1) is 16.5. The zero-order chi connectivity index (χ0) is 15.9. The van der Waals surface area contributed by atoms with Gasteiger partial charge in [-0.3, -0.25) is 5.43 Å². The maximum absolute atomic E-state index is 5.23. The molecule has 22 heavy (non-hydrogen) atoms. The summed E-state index contributed by atoms with van der Waals surface area (Å²) >= 11 is 8.67. The first-order chi connectivity index (χ1) is 10.6. The largest absolute Gasteiger partial charge is 0.497 e. The van der Waals surface area contributed by atoms with Crippen LogP contribution in [0.15, 0.2) is 58.1 Å². The molecule has 0 unspecified atom stereocenters. The molecule has 2 aromatic rings. The second-order valence-electron chi connectivity index (χ2n) is 4.51. The third-order valence-corrected chi connectivity index (χ3v) is 3.58. The molecule has 4 nitrogen and oxygen atoms in total. The lowest BCUT2D eigenvalue weighted by Crippen LogP contribution is -2.24. The van der Waals surface area contributed by atoms with Crippen molar-refractivity contribution >= 4 is 44.7 Å². The Hall–Kier alpha value is -1.92. The minimum Gasteiger partial charge on any atom is -0.497 e. The number of thiocarbonyl (C=S) groups is 1. The van der Waals surface area contributed by atoms with E-state index >= 15 is 0 Å². The molecule has 0 saturated heterocycles. The summed E-state index contributed by atoms with van der Waals surface area (Å²) in [6, 6.07) is 15.4. The number of rotatable bonds is 4. The van der Waals surface area contributed by atoms with Gasteiger partial charge in [0.15, 0.2) is 5.11 Å². The number of ether oxygens (including phenoxy) is 1. The Morgan fingerprint density at radius 2 is 1.95 bits per heavy atom. The highest BCUT2D eigenvalue weighted by Gasteiger charge is 2.01. The SMILES string of the molecule is COc1cccc(NC(=S)N/N=C(\C)c2cccc(Br)c2)c1. The van der Waals surface area contributed by atoms with E-state index in [9.17, 15) is 0 Å². The number of halogens is 1. The van der Waals surface area contributed by atoms with Crippen LogP contribution in [-0.2, 0) is 0 Å². The summed E-state index contributed by atoms with van der Waals surface area (Å²) in [7, 11) is 1.63. The van der Waals surface area contributed by atoms with Gasteiger partial charge in [0.1, 0.15) is 5.75 Å². The molecule has 0 aliphatic carbocycles. The molecule has 2 N–H and O–H groups in total. The van der Waals surface area contributed by atoms with Gasteiger partial charge in [0.2, 0.25) is 0 Å². The Bertz CT molecular complexity index is 703. The summed E-state index contributed by atoms with van der Waals surface area (Å²) in [4.78, 5) is 0. The van der Waals surface area contributed by atoms with Gasteiger partial charge in [-0.1, -0.05) is 34.1 Å². The van der Waals surface area contributed by atoms with Crippen molar-refractivity contribution in [1.82, 2.24) is 5.43 Å². The van der Waals surface area contributed by atoms with Gasteiger partial charge in [0.05, 0.1) is 12.8 Å². The number of nitrogens with one attached hydrogen (secondary N) is 2. The minimum atomic E-state index is 0.419. The maximum Gasteiger partial charge on any atom is 0.191 e. The molecule has 114 valence electrons. The first-order valence-corrected chi connectivity index (χ1v) is 7.80. The molecule has 0 fully saturated rings. The molecule has 2 rings (SSSR count). The van der Waals surface area contributed by atoms with Gasteiger partial charge in [0.25, 0.3) is 0 Å². The lowest BCUT2D eigenvalue weighted by atomic mass is 10.1. The van der Waals surface area contributed by atoms with Crippen LogP contribution in [0.3, 0.4) is 0 Å². The normalized spacial score (nSPS) is 11.0. The van der Waals surface area contributed by atoms with E-state index < -0.39 is 0 Å². The van der Waals surface area contributed by atoms with Crippen LogP contribution in [-0.4, -0.2) is 17.9 Å². The van der Waals surface area contributed by atoms with Crippen LogP contribution < -0.4 is 15.5 Å². The number of hydrogen-bond acceptors (Lipinski definition) is 3. The van der Waals surface area contributed by atoms with E-state index in [1.807, 2.05) is 55.5 Å². The van der Waals surface area contributed by atoms with Gasteiger partial charge in [-0.2, -0.15) is 5.10 Å². The third kappa shape index (κ3) is 4.82. The van der Waals surface area contributed by atoms with Gasteiger partial charge in [-0.25, -0.2) is 0 Å². The maximum atomic E-state index is 5.23. The lowest BCUT2D eigenvalue weighted by Gasteiger charge is -2.09. The van der Waals surface area contributed by atoms with Crippen molar-refractivity contribution < 1.29 is 4.74 Å². The fraction of sp³-hybridized carbons (Fsp3) is 0.125. The number of hydrazone groups is 1. The molecule has 0 atom stereocenters. The average Bonchev–Trinajstić information content (AvgIpc) is 2.52. The van der Waals surface area contributed by atoms with Crippen molar-refractivity contribution in [2.45, 2.75) is 6.92 Å². The molecule has 0 amide bonds. The van der Waals surface area contributed by atoms with Crippen LogP contribution in [0, 0.1) is 0 Å². The fourth-order valence-corrected chi connectivity index (χ4v) is 2.34. The average molecular weight is 378 g/mol. The van der Waals surface area contributed by atoms with Gasteiger partial charge in [-0.05, 0) is 49.0 Å².